The van der Waals surface area contributed by atoms with Crippen LogP contribution in [0.1, 0.15) is 415 Å². The lowest BCUT2D eigenvalue weighted by Crippen LogP contribution is -2.38. The summed E-state index contributed by atoms with van der Waals surface area (Å²) in [5.41, 5.74) is 0. The number of hydrogen-bond donors (Lipinski definition) is 0. The molecule has 0 N–H and O–H groups in total. The lowest BCUT2D eigenvalue weighted by Gasteiger charge is -2.49. The van der Waals surface area contributed by atoms with E-state index in [0.29, 0.717) is 0 Å². The van der Waals surface area contributed by atoms with Gasteiger partial charge in [0.2, 0.25) is 0 Å². The van der Waals surface area contributed by atoms with Crippen LogP contribution in [0.2, 0.25) is 0 Å². The maximum atomic E-state index is 2.38. The van der Waals surface area contributed by atoms with Crippen molar-refractivity contribution in [1.82, 2.24) is 0 Å². The zero-order valence-electron chi connectivity index (χ0n) is 44.4. The van der Waals surface area contributed by atoms with Crippen molar-refractivity contribution in [2.45, 2.75) is 415 Å². The molecule has 16 aliphatic carbocycles. The van der Waals surface area contributed by atoms with E-state index in [4.69, 9.17) is 0 Å². The fourth-order valence-electron chi connectivity index (χ4n) is 15.2. The van der Waals surface area contributed by atoms with Gasteiger partial charge in [-0.2, -0.15) is 0 Å². The van der Waals surface area contributed by atoms with Crippen LogP contribution in [0.4, 0.5) is 0 Å². The maximum Gasteiger partial charge on any atom is -0.0228 e. The average Bonchev–Trinajstić information content (AvgIpc) is 3.75. The Morgan fingerprint density at radius 2 is 0.307 bits per heavy atom. The molecule has 16 rings (SSSR count). The van der Waals surface area contributed by atoms with E-state index >= 15 is 0 Å². The Labute approximate surface area is 483 Å². The molecule has 2 atom stereocenters. The molecule has 0 aromatic carbocycles. The van der Waals surface area contributed by atoms with Crippen molar-refractivity contribution in [2.24, 2.45) is 59.2 Å². The third kappa shape index (κ3) is 38.9. The van der Waals surface area contributed by atoms with Gasteiger partial charge in [0, 0.05) is 0 Å². The predicted molar refractivity (Wildman–Crippen MR) is 356 cm³/mol. The van der Waals surface area contributed by atoms with Crippen LogP contribution in [-0.2, 0) is 0 Å². The zero-order valence-corrected chi connectivity index (χ0v) is 44.4. The van der Waals surface area contributed by atoms with Crippen LogP contribution in [0.5, 0.6) is 0 Å². The summed E-state index contributed by atoms with van der Waals surface area (Å²) in [5, 5.41) is 0. The Balaban J connectivity index is -0.000000242. The van der Waals surface area contributed by atoms with Crippen LogP contribution >= 0.6 is 0 Å². The summed E-state index contributed by atoms with van der Waals surface area (Å²) >= 11 is 0. The quantitative estimate of drug-likeness (QED) is 0.168. The van der Waals surface area contributed by atoms with Crippen molar-refractivity contribution < 1.29 is 0 Å². The molecule has 0 aliphatic heterocycles. The Morgan fingerprint density at radius 3 is 0.413 bits per heavy atom. The van der Waals surface area contributed by atoms with Gasteiger partial charge in [0.1, 0.15) is 0 Å². The van der Waals surface area contributed by atoms with Gasteiger partial charge < -0.3 is 0 Å². The summed E-state index contributed by atoms with van der Waals surface area (Å²) in [7, 11) is 0. The molecule has 0 aromatic heterocycles. The van der Waals surface area contributed by atoms with Crippen LogP contribution in [0, 0.1) is 59.2 Å². The smallest absolute Gasteiger partial charge is 0.0228 e. The number of hydrogen-bond acceptors (Lipinski definition) is 0. The summed E-state index contributed by atoms with van der Waals surface area (Å²) in [5.74, 6) is 11.3. The number of allylic oxidation sites excluding steroid dienone is 2. The maximum absolute atomic E-state index is 2.38. The Kier molecular flexibility index (Phi) is 60.5. The van der Waals surface area contributed by atoms with E-state index in [2.05, 4.69) is 12.2 Å². The molecule has 75 heavy (non-hydrogen) atoms. The van der Waals surface area contributed by atoms with E-state index in [1.54, 1.807) is 96.3 Å². The molecule has 15 fully saturated rings. The minimum atomic E-state index is 0. The molecule has 0 heteroatoms. The zero-order chi connectivity index (χ0) is 44.7. The number of fused-ring (bicyclic) bond motifs is 5. The first kappa shape index (κ1) is 83.6. The standard InChI is InChI=1S/C10H16.C10H18.C7H12.C7H10.C7H14.2C6H12.C5H10.C4H8.C3H6.10CH4/c1-7-2-9-4-8(1)5-10(3-7)6-9;1-2-6-10-8-4-3-7-9(10)5-1;2*1-2-7-4-3-6(1)5-7;1-2-4-6-7-5-3-1;2*1-2-4-6-5-3-1;1-2-4-5-3-1;1-2-4-3-1;1-2-3-1;;;;;;;;;;/h7-10H,1-6H2;9-10H,1-8H2;6-7H,1-5H2;1-2,6-7H,3-5H2;1-7H2;2*1-6H2;1-5H2;1-4H2;1-3H2;10*1H4. The molecule has 0 saturated heterocycles. The van der Waals surface area contributed by atoms with Crippen molar-refractivity contribution in [2.75, 3.05) is 0 Å². The van der Waals surface area contributed by atoms with Crippen LogP contribution in [0.15, 0.2) is 12.2 Å². The van der Waals surface area contributed by atoms with Crippen LogP contribution in [0.3, 0.4) is 0 Å². The summed E-state index contributed by atoms with van der Waals surface area (Å²) in [6, 6.07) is 0. The molecule has 458 valence electrons. The molecule has 0 heterocycles. The van der Waals surface area contributed by atoms with Crippen LogP contribution in [0.25, 0.3) is 0 Å². The molecule has 0 radical (unpaired) electrons. The lowest BCUT2D eigenvalue weighted by molar-refractivity contribution is 0.0198. The highest BCUT2D eigenvalue weighted by Crippen LogP contribution is 2.53. The second-order valence-electron chi connectivity index (χ2n) is 25.8. The fraction of sp³-hybridized carbons (Fsp3) is 0.973. The van der Waals surface area contributed by atoms with E-state index < -0.39 is 0 Å². The van der Waals surface area contributed by atoms with Crippen LogP contribution < -0.4 is 0 Å². The van der Waals surface area contributed by atoms with Crippen LogP contribution in [-0.4, -0.2) is 0 Å². The first-order chi connectivity index (χ1) is 32.3. The van der Waals surface area contributed by atoms with Crippen molar-refractivity contribution in [3.8, 4) is 0 Å². The van der Waals surface area contributed by atoms with Gasteiger partial charge in [0.05, 0.1) is 0 Å². The molecule has 0 spiro atoms. The molecule has 16 aliphatic rings. The third-order valence-electron chi connectivity index (χ3n) is 19.6. The van der Waals surface area contributed by atoms with E-state index in [0.717, 1.165) is 23.7 Å². The molecular formula is C75H158. The molecule has 0 amide bonds. The molecule has 2 unspecified atom stereocenters. The monoisotopic (exact) mass is 1060 g/mol. The topological polar surface area (TPSA) is 0 Å². The predicted octanol–water partition coefficient (Wildman–Crippen LogP) is 28.8. The first-order valence-corrected chi connectivity index (χ1v) is 31.9. The van der Waals surface area contributed by atoms with Gasteiger partial charge >= 0.3 is 0 Å². The lowest BCUT2D eigenvalue weighted by atomic mass is 9.56. The summed E-state index contributed by atoms with van der Waals surface area (Å²) in [6.07, 6.45) is 85.5. The molecular weight excluding hydrogens is 901 g/mol. The molecule has 0 nitrogen and oxygen atoms in total. The van der Waals surface area contributed by atoms with E-state index in [-0.39, 0.29) is 74.3 Å². The largest absolute Gasteiger partial charge is 0.0851 e. The van der Waals surface area contributed by atoms with Gasteiger partial charge in [-0.25, -0.2) is 0 Å². The Bertz CT molecular complexity index is 931. The SMILES string of the molecule is C.C.C.C.C.C.C.C.C.C.C1=CC2CCC1C2.C1C2CC3CC1CC(C2)C3.C1CC1.C1CC2CCC1C2.C1CCC1.C1CCC2CCCCC2C1.C1CCCC1.C1CCCCC1.C1CCCCC1.C1CCCCCC1. The van der Waals surface area contributed by atoms with E-state index in [1.807, 2.05) is 0 Å². The minimum Gasteiger partial charge on any atom is -0.0851 e. The van der Waals surface area contributed by atoms with Crippen molar-refractivity contribution in [1.29, 1.82) is 0 Å². The van der Waals surface area contributed by atoms with Gasteiger partial charge in [0.25, 0.3) is 0 Å². The molecule has 8 bridgehead atoms. The van der Waals surface area contributed by atoms with Crippen molar-refractivity contribution in [3.05, 3.63) is 12.2 Å². The average molecular weight is 1060 g/mol. The highest BCUT2D eigenvalue weighted by Gasteiger charge is 2.41. The van der Waals surface area contributed by atoms with Gasteiger partial charge in [-0.15, -0.1) is 0 Å². The summed E-state index contributed by atoms with van der Waals surface area (Å²) < 4.78 is 0. The summed E-state index contributed by atoms with van der Waals surface area (Å²) in [4.78, 5) is 0. The fourth-order valence-corrected chi connectivity index (χ4v) is 15.2. The Morgan fingerprint density at radius 1 is 0.147 bits per heavy atom. The second-order valence-corrected chi connectivity index (χ2v) is 25.8. The third-order valence-corrected chi connectivity index (χ3v) is 19.6. The Hall–Kier alpha value is -0.260. The minimum absolute atomic E-state index is 0. The van der Waals surface area contributed by atoms with Gasteiger partial charge in [-0.3, -0.25) is 0 Å². The second kappa shape index (κ2) is 54.3. The van der Waals surface area contributed by atoms with E-state index in [9.17, 15) is 0 Å². The highest BCUT2D eigenvalue weighted by molar-refractivity contribution is 5.06. The molecule has 0 aromatic rings. The first-order valence-electron chi connectivity index (χ1n) is 31.9. The van der Waals surface area contributed by atoms with E-state index in [1.165, 1.54) is 279 Å². The van der Waals surface area contributed by atoms with Crippen molar-refractivity contribution >= 4 is 0 Å². The van der Waals surface area contributed by atoms with Gasteiger partial charge in [-0.1, -0.05) is 363 Å². The highest BCUT2D eigenvalue weighted by atomic mass is 14.5. The van der Waals surface area contributed by atoms with Crippen molar-refractivity contribution in [3.63, 3.8) is 0 Å². The molecule has 15 saturated carbocycles. The summed E-state index contributed by atoms with van der Waals surface area (Å²) in [6.45, 7) is 0. The number of rotatable bonds is 0. The normalized spacial score (nSPS) is 31.8. The van der Waals surface area contributed by atoms with Gasteiger partial charge in [0.15, 0.2) is 0 Å². The van der Waals surface area contributed by atoms with Gasteiger partial charge in [-0.05, 0) is 123 Å².